The van der Waals surface area contributed by atoms with Crippen LogP contribution in [0.2, 0.25) is 0 Å². The van der Waals surface area contributed by atoms with Gasteiger partial charge in [-0.3, -0.25) is 0 Å². The summed E-state index contributed by atoms with van der Waals surface area (Å²) in [4.78, 5) is 2.41. The van der Waals surface area contributed by atoms with Crippen LogP contribution >= 0.6 is 31.9 Å². The lowest BCUT2D eigenvalue weighted by Gasteiger charge is -2.20. The molecule has 0 bridgehead atoms. The molecule has 0 amide bonds. The highest BCUT2D eigenvalue weighted by Crippen LogP contribution is 2.32. The summed E-state index contributed by atoms with van der Waals surface area (Å²) in [5.41, 5.74) is 1.18. The highest BCUT2D eigenvalue weighted by atomic mass is 79.9. The number of para-hydroxylation sites is 1. The monoisotopic (exact) mass is 360 g/mol. The molecule has 0 spiro atoms. The van der Waals surface area contributed by atoms with Crippen LogP contribution in [0, 0.1) is 0 Å². The summed E-state index contributed by atoms with van der Waals surface area (Å²) in [7, 11) is 2.21. The van der Waals surface area contributed by atoms with Gasteiger partial charge in [-0.1, -0.05) is 6.07 Å². The van der Waals surface area contributed by atoms with E-state index in [-0.39, 0.29) is 0 Å². The van der Waals surface area contributed by atoms with Gasteiger partial charge in [0.15, 0.2) is 0 Å². The smallest absolute Gasteiger partial charge is 0.0631 e. The molecule has 1 atom stereocenters. The van der Waals surface area contributed by atoms with Crippen LogP contribution in [0.4, 0.5) is 5.69 Å². The molecule has 1 heterocycles. The molecule has 2 nitrogen and oxygen atoms in total. The van der Waals surface area contributed by atoms with Gasteiger partial charge in [0.2, 0.25) is 0 Å². The zero-order valence-electron chi connectivity index (χ0n) is 10.0. The molecule has 1 fully saturated rings. The van der Waals surface area contributed by atoms with Crippen molar-refractivity contribution in [2.24, 2.45) is 0 Å². The molecule has 1 unspecified atom stereocenters. The summed E-state index contributed by atoms with van der Waals surface area (Å²) in [6.07, 6.45) is 3.73. The van der Waals surface area contributed by atoms with E-state index in [4.69, 9.17) is 0 Å². The van der Waals surface area contributed by atoms with Gasteiger partial charge in [0.1, 0.15) is 0 Å². The first-order valence-electron chi connectivity index (χ1n) is 6.06. The van der Waals surface area contributed by atoms with Crippen LogP contribution in [0.5, 0.6) is 0 Å². The number of nitrogens with zero attached hydrogens (tertiary/aromatic N) is 1. The SMILES string of the molecule is CN1CCCC(Nc2c(Br)cccc2Br)CC1. The molecule has 1 N–H and O–H groups in total. The minimum atomic E-state index is 0.579. The number of halogens is 2. The van der Waals surface area contributed by atoms with Crippen LogP contribution in [0.3, 0.4) is 0 Å². The summed E-state index contributed by atoms with van der Waals surface area (Å²) < 4.78 is 2.26. The van der Waals surface area contributed by atoms with Crippen LogP contribution < -0.4 is 5.32 Å². The second-order valence-corrected chi connectivity index (χ2v) is 6.38. The van der Waals surface area contributed by atoms with Gasteiger partial charge in [0.25, 0.3) is 0 Å². The Balaban J connectivity index is 2.05. The molecule has 0 aliphatic carbocycles. The Morgan fingerprint density at radius 3 is 2.59 bits per heavy atom. The molecule has 94 valence electrons. The number of hydrogen-bond donors (Lipinski definition) is 1. The fourth-order valence-electron chi connectivity index (χ4n) is 2.22. The molecule has 17 heavy (non-hydrogen) atoms. The standard InChI is InChI=1S/C13H18Br2N2/c1-17-8-3-4-10(7-9-17)16-13-11(14)5-2-6-12(13)15/h2,5-6,10,16H,3-4,7-9H2,1H3. The third-order valence-corrected chi connectivity index (χ3v) is 4.58. The van der Waals surface area contributed by atoms with Gasteiger partial charge in [-0.05, 0) is 83.4 Å². The molecule has 2 rings (SSSR count). The van der Waals surface area contributed by atoms with E-state index >= 15 is 0 Å². The van der Waals surface area contributed by atoms with Crippen molar-refractivity contribution < 1.29 is 0 Å². The van der Waals surface area contributed by atoms with Crippen molar-refractivity contribution in [3.8, 4) is 0 Å². The number of hydrogen-bond acceptors (Lipinski definition) is 2. The van der Waals surface area contributed by atoms with Crippen LogP contribution in [-0.2, 0) is 0 Å². The normalized spacial score (nSPS) is 22.2. The number of nitrogens with one attached hydrogen (secondary N) is 1. The molecular formula is C13H18Br2N2. The summed E-state index contributed by atoms with van der Waals surface area (Å²) in [6.45, 7) is 2.40. The van der Waals surface area contributed by atoms with E-state index in [1.165, 1.54) is 38.0 Å². The van der Waals surface area contributed by atoms with Crippen molar-refractivity contribution in [1.82, 2.24) is 4.90 Å². The highest BCUT2D eigenvalue weighted by Gasteiger charge is 2.16. The van der Waals surface area contributed by atoms with Gasteiger partial charge in [0.05, 0.1) is 5.69 Å². The predicted molar refractivity (Wildman–Crippen MR) is 80.6 cm³/mol. The number of benzene rings is 1. The van der Waals surface area contributed by atoms with E-state index in [0.29, 0.717) is 6.04 Å². The van der Waals surface area contributed by atoms with Gasteiger partial charge in [-0.2, -0.15) is 0 Å². The lowest BCUT2D eigenvalue weighted by Crippen LogP contribution is -2.23. The van der Waals surface area contributed by atoms with E-state index in [1.807, 2.05) is 6.07 Å². The van der Waals surface area contributed by atoms with Crippen molar-refractivity contribution in [2.45, 2.75) is 25.3 Å². The topological polar surface area (TPSA) is 15.3 Å². The Morgan fingerprint density at radius 2 is 1.88 bits per heavy atom. The molecule has 1 aliphatic rings. The predicted octanol–water partition coefficient (Wildman–Crippen LogP) is 4.11. The molecule has 1 aromatic carbocycles. The summed E-state index contributed by atoms with van der Waals surface area (Å²) >= 11 is 7.20. The first kappa shape index (κ1) is 13.4. The Hall–Kier alpha value is -0.0600. The summed E-state index contributed by atoms with van der Waals surface area (Å²) in [6, 6.07) is 6.78. The van der Waals surface area contributed by atoms with Gasteiger partial charge in [-0.15, -0.1) is 0 Å². The maximum absolute atomic E-state index is 3.66. The van der Waals surface area contributed by atoms with Gasteiger partial charge >= 0.3 is 0 Å². The molecule has 1 saturated heterocycles. The maximum atomic E-state index is 3.66. The Kier molecular flexibility index (Phi) is 4.88. The second kappa shape index (κ2) is 6.21. The van der Waals surface area contributed by atoms with Crippen LogP contribution in [0.15, 0.2) is 27.1 Å². The van der Waals surface area contributed by atoms with Crippen molar-refractivity contribution >= 4 is 37.5 Å². The largest absolute Gasteiger partial charge is 0.380 e. The van der Waals surface area contributed by atoms with Gasteiger partial charge < -0.3 is 10.2 Å². The zero-order chi connectivity index (χ0) is 12.3. The van der Waals surface area contributed by atoms with Crippen LogP contribution in [0.25, 0.3) is 0 Å². The fraction of sp³-hybridized carbons (Fsp3) is 0.538. The lowest BCUT2D eigenvalue weighted by molar-refractivity contribution is 0.348. The lowest BCUT2D eigenvalue weighted by atomic mass is 10.1. The number of likely N-dealkylation sites (tertiary alicyclic amines) is 1. The average molecular weight is 362 g/mol. The Labute approximate surface area is 120 Å². The van der Waals surface area contributed by atoms with Crippen molar-refractivity contribution in [2.75, 3.05) is 25.5 Å². The van der Waals surface area contributed by atoms with Crippen LogP contribution in [0.1, 0.15) is 19.3 Å². The first-order chi connectivity index (χ1) is 8.16. The third kappa shape index (κ3) is 3.70. The highest BCUT2D eigenvalue weighted by molar-refractivity contribution is 9.11. The maximum Gasteiger partial charge on any atom is 0.0631 e. The fourth-order valence-corrected chi connectivity index (χ4v) is 3.45. The Bertz CT molecular complexity index is 361. The van der Waals surface area contributed by atoms with E-state index in [0.717, 1.165) is 8.95 Å². The third-order valence-electron chi connectivity index (χ3n) is 3.26. The average Bonchev–Trinajstić information content (AvgIpc) is 2.49. The van der Waals surface area contributed by atoms with E-state index in [9.17, 15) is 0 Å². The van der Waals surface area contributed by atoms with Crippen molar-refractivity contribution in [3.05, 3.63) is 27.1 Å². The van der Waals surface area contributed by atoms with E-state index < -0.39 is 0 Å². The zero-order valence-corrected chi connectivity index (χ0v) is 13.2. The Morgan fingerprint density at radius 1 is 1.18 bits per heavy atom. The number of rotatable bonds is 2. The molecule has 0 radical (unpaired) electrons. The quantitative estimate of drug-likeness (QED) is 0.852. The minimum Gasteiger partial charge on any atom is -0.380 e. The summed E-state index contributed by atoms with van der Waals surface area (Å²) in [5.74, 6) is 0. The second-order valence-electron chi connectivity index (χ2n) is 4.67. The van der Waals surface area contributed by atoms with E-state index in [2.05, 4.69) is 61.3 Å². The van der Waals surface area contributed by atoms with Crippen molar-refractivity contribution in [1.29, 1.82) is 0 Å². The van der Waals surface area contributed by atoms with Crippen LogP contribution in [-0.4, -0.2) is 31.1 Å². The first-order valence-corrected chi connectivity index (χ1v) is 7.64. The molecule has 4 heteroatoms. The molecular weight excluding hydrogens is 344 g/mol. The molecule has 0 aromatic heterocycles. The summed E-state index contributed by atoms with van der Waals surface area (Å²) in [5, 5.41) is 3.66. The van der Waals surface area contributed by atoms with Gasteiger partial charge in [-0.25, -0.2) is 0 Å². The van der Waals surface area contributed by atoms with Crippen molar-refractivity contribution in [3.63, 3.8) is 0 Å². The van der Waals surface area contributed by atoms with E-state index in [1.54, 1.807) is 0 Å². The number of anilines is 1. The minimum absolute atomic E-state index is 0.579. The van der Waals surface area contributed by atoms with Gasteiger partial charge in [0, 0.05) is 15.0 Å². The molecule has 0 saturated carbocycles. The molecule has 1 aliphatic heterocycles. The molecule has 1 aromatic rings.